The largest absolute Gasteiger partial charge is 0.707 e. The fourth-order valence-electron chi connectivity index (χ4n) is 2.51. The monoisotopic (exact) mass is 319 g/mol. The minimum atomic E-state index is -1.82. The standard InChI is InChI=1S/C19H18BNO3/c1-15-7-9-17(10-8-15)21(16-5-3-2-4-6-16)18-11-13-19(14-12-18)24-20(22)23/h2-14,22-23H,1H3. The predicted octanol–water partition coefficient (Wildman–Crippen LogP) is 3.81. The number of aryl methyl sites for hydroxylation is 1. The van der Waals surface area contributed by atoms with Gasteiger partial charge in [-0.15, -0.1) is 0 Å². The van der Waals surface area contributed by atoms with Crippen LogP contribution in [0.25, 0.3) is 0 Å². The Balaban J connectivity index is 2.00. The number of para-hydroxylation sites is 1. The molecule has 24 heavy (non-hydrogen) atoms. The molecule has 0 saturated carbocycles. The zero-order chi connectivity index (χ0) is 16.9. The van der Waals surface area contributed by atoms with E-state index in [0.717, 1.165) is 17.1 Å². The Labute approximate surface area is 141 Å². The zero-order valence-electron chi connectivity index (χ0n) is 13.3. The highest BCUT2D eigenvalue weighted by molar-refractivity contribution is 6.33. The molecule has 0 radical (unpaired) electrons. The molecule has 0 unspecified atom stereocenters. The number of nitrogens with zero attached hydrogens (tertiary/aromatic N) is 1. The van der Waals surface area contributed by atoms with Gasteiger partial charge in [0.15, 0.2) is 0 Å². The predicted molar refractivity (Wildman–Crippen MR) is 96.7 cm³/mol. The van der Waals surface area contributed by atoms with Crippen molar-refractivity contribution >= 4 is 24.4 Å². The third-order valence-corrected chi connectivity index (χ3v) is 3.64. The molecule has 4 nitrogen and oxygen atoms in total. The van der Waals surface area contributed by atoms with Crippen molar-refractivity contribution in [1.29, 1.82) is 0 Å². The molecule has 0 spiro atoms. The molecule has 0 fully saturated rings. The topological polar surface area (TPSA) is 52.9 Å². The molecule has 5 heteroatoms. The zero-order valence-corrected chi connectivity index (χ0v) is 13.3. The van der Waals surface area contributed by atoms with Crippen LogP contribution in [-0.4, -0.2) is 17.4 Å². The lowest BCUT2D eigenvalue weighted by Crippen LogP contribution is -2.20. The van der Waals surface area contributed by atoms with Crippen LogP contribution in [0, 0.1) is 6.92 Å². The normalized spacial score (nSPS) is 10.3. The van der Waals surface area contributed by atoms with Gasteiger partial charge in [0.25, 0.3) is 0 Å². The molecule has 0 aliphatic carbocycles. The van der Waals surface area contributed by atoms with E-state index in [1.54, 1.807) is 12.1 Å². The molecular formula is C19H18BNO3. The van der Waals surface area contributed by atoms with Crippen LogP contribution in [0.2, 0.25) is 0 Å². The smallest absolute Gasteiger partial charge is 0.512 e. The summed E-state index contributed by atoms with van der Waals surface area (Å²) < 4.78 is 4.87. The van der Waals surface area contributed by atoms with E-state index >= 15 is 0 Å². The summed E-state index contributed by atoms with van der Waals surface area (Å²) in [6, 6.07) is 25.5. The van der Waals surface area contributed by atoms with E-state index in [4.69, 9.17) is 14.7 Å². The molecule has 120 valence electrons. The van der Waals surface area contributed by atoms with E-state index < -0.39 is 7.32 Å². The van der Waals surface area contributed by atoms with Gasteiger partial charge >= 0.3 is 7.32 Å². The van der Waals surface area contributed by atoms with Gasteiger partial charge in [0.05, 0.1) is 0 Å². The second-order valence-electron chi connectivity index (χ2n) is 5.44. The van der Waals surface area contributed by atoms with Crippen LogP contribution < -0.4 is 9.55 Å². The highest BCUT2D eigenvalue weighted by atomic mass is 16.6. The molecule has 0 aliphatic heterocycles. The first-order chi connectivity index (χ1) is 11.6. The molecule has 3 aromatic carbocycles. The summed E-state index contributed by atoms with van der Waals surface area (Å²) in [4.78, 5) is 2.12. The summed E-state index contributed by atoms with van der Waals surface area (Å²) in [6.45, 7) is 2.06. The van der Waals surface area contributed by atoms with Crippen LogP contribution in [0.15, 0.2) is 78.9 Å². The first-order valence-electron chi connectivity index (χ1n) is 7.68. The lowest BCUT2D eigenvalue weighted by atomic mass is 10.1. The molecule has 0 bridgehead atoms. The summed E-state index contributed by atoms with van der Waals surface area (Å²) in [5, 5.41) is 17.8. The molecule has 2 N–H and O–H groups in total. The number of benzene rings is 3. The van der Waals surface area contributed by atoms with Gasteiger partial charge in [0.1, 0.15) is 5.75 Å². The third kappa shape index (κ3) is 3.77. The molecule has 0 atom stereocenters. The van der Waals surface area contributed by atoms with Crippen LogP contribution in [0.5, 0.6) is 5.75 Å². The lowest BCUT2D eigenvalue weighted by Gasteiger charge is -2.25. The van der Waals surface area contributed by atoms with Crippen LogP contribution in [0.1, 0.15) is 5.56 Å². The first-order valence-corrected chi connectivity index (χ1v) is 7.68. The van der Waals surface area contributed by atoms with Crippen molar-refractivity contribution in [2.75, 3.05) is 4.90 Å². The minimum absolute atomic E-state index is 0.394. The summed E-state index contributed by atoms with van der Waals surface area (Å²) in [7, 11) is -1.82. The highest BCUT2D eigenvalue weighted by Crippen LogP contribution is 2.35. The van der Waals surface area contributed by atoms with Crippen molar-refractivity contribution in [1.82, 2.24) is 0 Å². The minimum Gasteiger partial charge on any atom is -0.512 e. The molecule has 0 aliphatic rings. The van der Waals surface area contributed by atoms with Gasteiger partial charge in [-0.3, -0.25) is 0 Å². The summed E-state index contributed by atoms with van der Waals surface area (Å²) in [5.41, 5.74) is 4.23. The van der Waals surface area contributed by atoms with Crippen molar-refractivity contribution in [3.63, 3.8) is 0 Å². The maximum absolute atomic E-state index is 8.89. The fraction of sp³-hybridized carbons (Fsp3) is 0.0526. The molecule has 0 heterocycles. The maximum atomic E-state index is 8.89. The van der Waals surface area contributed by atoms with Crippen molar-refractivity contribution in [2.24, 2.45) is 0 Å². The van der Waals surface area contributed by atoms with Gasteiger partial charge in [-0.2, -0.15) is 0 Å². The number of anilines is 3. The Morgan fingerprint density at radius 3 is 1.75 bits per heavy atom. The first kappa shape index (κ1) is 16.1. The Morgan fingerprint density at radius 1 is 0.708 bits per heavy atom. The summed E-state index contributed by atoms with van der Waals surface area (Å²) in [6.07, 6.45) is 0. The average Bonchev–Trinajstić information content (AvgIpc) is 2.59. The molecular weight excluding hydrogens is 301 g/mol. The number of hydrogen-bond donors (Lipinski definition) is 2. The average molecular weight is 319 g/mol. The van der Waals surface area contributed by atoms with Gasteiger partial charge < -0.3 is 19.6 Å². The van der Waals surface area contributed by atoms with Gasteiger partial charge in [-0.1, -0.05) is 35.9 Å². The fourth-order valence-corrected chi connectivity index (χ4v) is 2.51. The lowest BCUT2D eigenvalue weighted by molar-refractivity contribution is 0.288. The Morgan fingerprint density at radius 2 is 1.21 bits per heavy atom. The molecule has 0 amide bonds. The van der Waals surface area contributed by atoms with E-state index in [9.17, 15) is 0 Å². The Hall–Kier alpha value is -2.76. The second kappa shape index (κ2) is 7.21. The van der Waals surface area contributed by atoms with E-state index in [-0.39, 0.29) is 0 Å². The highest BCUT2D eigenvalue weighted by Gasteiger charge is 2.14. The van der Waals surface area contributed by atoms with Crippen molar-refractivity contribution in [2.45, 2.75) is 6.92 Å². The van der Waals surface area contributed by atoms with Gasteiger partial charge in [0, 0.05) is 17.1 Å². The molecule has 3 rings (SSSR count). The van der Waals surface area contributed by atoms with E-state index in [2.05, 4.69) is 36.1 Å². The maximum Gasteiger partial charge on any atom is 0.707 e. The number of hydrogen-bond acceptors (Lipinski definition) is 4. The van der Waals surface area contributed by atoms with Gasteiger partial charge in [0.2, 0.25) is 0 Å². The Kier molecular flexibility index (Phi) is 4.84. The van der Waals surface area contributed by atoms with E-state index in [0.29, 0.717) is 5.75 Å². The quantitative estimate of drug-likeness (QED) is 0.702. The van der Waals surface area contributed by atoms with Crippen LogP contribution in [0.4, 0.5) is 17.1 Å². The summed E-state index contributed by atoms with van der Waals surface area (Å²) >= 11 is 0. The van der Waals surface area contributed by atoms with Gasteiger partial charge in [-0.05, 0) is 55.5 Å². The summed E-state index contributed by atoms with van der Waals surface area (Å²) in [5.74, 6) is 0.394. The Bertz CT molecular complexity index is 774. The van der Waals surface area contributed by atoms with E-state index in [1.807, 2.05) is 42.5 Å². The van der Waals surface area contributed by atoms with Crippen LogP contribution in [-0.2, 0) is 0 Å². The third-order valence-electron chi connectivity index (χ3n) is 3.64. The molecule has 0 saturated heterocycles. The second-order valence-corrected chi connectivity index (χ2v) is 5.44. The number of rotatable bonds is 5. The van der Waals surface area contributed by atoms with Crippen LogP contribution >= 0.6 is 0 Å². The SMILES string of the molecule is Cc1ccc(N(c2ccccc2)c2ccc(OB(O)O)cc2)cc1. The van der Waals surface area contributed by atoms with Gasteiger partial charge in [-0.25, -0.2) is 0 Å². The van der Waals surface area contributed by atoms with E-state index in [1.165, 1.54) is 5.56 Å². The van der Waals surface area contributed by atoms with Crippen LogP contribution in [0.3, 0.4) is 0 Å². The van der Waals surface area contributed by atoms with Crippen molar-refractivity contribution < 1.29 is 14.7 Å². The molecule has 0 aromatic heterocycles. The van der Waals surface area contributed by atoms with Crippen molar-refractivity contribution in [3.8, 4) is 5.75 Å². The molecule has 3 aromatic rings. The van der Waals surface area contributed by atoms with Crippen molar-refractivity contribution in [3.05, 3.63) is 84.4 Å².